The normalized spacial score (nSPS) is 11.6. The minimum Gasteiger partial charge on any atom is -0.380 e. The van der Waals surface area contributed by atoms with E-state index in [9.17, 15) is 8.42 Å². The molecule has 1 aromatic rings. The summed E-state index contributed by atoms with van der Waals surface area (Å²) in [6.45, 7) is 3.11. The molecule has 0 atom stereocenters. The van der Waals surface area contributed by atoms with Gasteiger partial charge in [0, 0.05) is 17.6 Å². The van der Waals surface area contributed by atoms with Crippen molar-refractivity contribution in [2.45, 2.75) is 11.8 Å². The molecule has 1 rings (SSSR count). The highest BCUT2D eigenvalue weighted by Gasteiger charge is 2.12. The standard InChI is InChI=1S/C10H14BrNO3S/c1-2-15-7-6-12-16(13,14)10-5-3-4-9(11)8-10/h3-5,8,12H,2,6-7H2,1H3. The van der Waals surface area contributed by atoms with Crippen molar-refractivity contribution < 1.29 is 13.2 Å². The lowest BCUT2D eigenvalue weighted by molar-refractivity contribution is 0.153. The lowest BCUT2D eigenvalue weighted by Gasteiger charge is -2.06. The van der Waals surface area contributed by atoms with Gasteiger partial charge in [-0.15, -0.1) is 0 Å². The Kier molecular flexibility index (Phi) is 5.40. The lowest BCUT2D eigenvalue weighted by atomic mass is 10.4. The minimum absolute atomic E-state index is 0.248. The molecular formula is C10H14BrNO3S. The van der Waals surface area contributed by atoms with Crippen LogP contribution in [-0.4, -0.2) is 28.2 Å². The molecule has 0 aliphatic rings. The Morgan fingerprint density at radius 1 is 1.44 bits per heavy atom. The van der Waals surface area contributed by atoms with Gasteiger partial charge in [0.1, 0.15) is 0 Å². The van der Waals surface area contributed by atoms with Crippen molar-refractivity contribution in [3.63, 3.8) is 0 Å². The van der Waals surface area contributed by atoms with E-state index < -0.39 is 10.0 Å². The second-order valence-corrected chi connectivity index (χ2v) is 5.73. The number of halogens is 1. The summed E-state index contributed by atoms with van der Waals surface area (Å²) in [6, 6.07) is 6.57. The van der Waals surface area contributed by atoms with Crippen LogP contribution in [0.15, 0.2) is 33.6 Å². The number of benzene rings is 1. The number of hydrogen-bond donors (Lipinski definition) is 1. The van der Waals surface area contributed by atoms with Crippen molar-refractivity contribution in [3.05, 3.63) is 28.7 Å². The van der Waals surface area contributed by atoms with Crippen molar-refractivity contribution in [1.82, 2.24) is 4.72 Å². The molecule has 6 heteroatoms. The lowest BCUT2D eigenvalue weighted by Crippen LogP contribution is -2.27. The molecule has 0 saturated heterocycles. The van der Waals surface area contributed by atoms with Crippen molar-refractivity contribution in [2.75, 3.05) is 19.8 Å². The van der Waals surface area contributed by atoms with Gasteiger partial charge in [-0.05, 0) is 25.1 Å². The number of nitrogens with one attached hydrogen (secondary N) is 1. The highest BCUT2D eigenvalue weighted by molar-refractivity contribution is 9.10. The van der Waals surface area contributed by atoms with Crippen LogP contribution in [-0.2, 0) is 14.8 Å². The fourth-order valence-corrected chi connectivity index (χ4v) is 2.72. The van der Waals surface area contributed by atoms with Gasteiger partial charge in [-0.1, -0.05) is 22.0 Å². The fourth-order valence-electron chi connectivity index (χ4n) is 1.11. The molecule has 0 bridgehead atoms. The molecule has 0 heterocycles. The topological polar surface area (TPSA) is 55.4 Å². The maximum atomic E-state index is 11.8. The van der Waals surface area contributed by atoms with Crippen LogP contribution >= 0.6 is 15.9 Å². The summed E-state index contributed by atoms with van der Waals surface area (Å²) < 4.78 is 31.8. The molecule has 0 unspecified atom stereocenters. The smallest absolute Gasteiger partial charge is 0.240 e. The van der Waals surface area contributed by atoms with E-state index in [-0.39, 0.29) is 11.4 Å². The van der Waals surface area contributed by atoms with E-state index in [0.717, 1.165) is 4.47 Å². The fraction of sp³-hybridized carbons (Fsp3) is 0.400. The predicted molar refractivity (Wildman–Crippen MR) is 65.8 cm³/mol. The van der Waals surface area contributed by atoms with Crippen LogP contribution in [0.5, 0.6) is 0 Å². The Balaban J connectivity index is 2.64. The van der Waals surface area contributed by atoms with Crippen LogP contribution in [0.4, 0.5) is 0 Å². The molecule has 0 aromatic heterocycles. The van der Waals surface area contributed by atoms with Gasteiger partial charge in [0.25, 0.3) is 0 Å². The predicted octanol–water partition coefficient (Wildman–Crippen LogP) is 1.76. The third-order valence-electron chi connectivity index (χ3n) is 1.85. The summed E-state index contributed by atoms with van der Waals surface area (Å²) in [5.74, 6) is 0. The van der Waals surface area contributed by atoms with Crippen LogP contribution in [0.2, 0.25) is 0 Å². The summed E-state index contributed by atoms with van der Waals surface area (Å²) in [5, 5.41) is 0. The first-order valence-electron chi connectivity index (χ1n) is 4.89. The van der Waals surface area contributed by atoms with Crippen LogP contribution in [0.1, 0.15) is 6.92 Å². The molecule has 0 amide bonds. The SMILES string of the molecule is CCOCCNS(=O)(=O)c1cccc(Br)c1. The quantitative estimate of drug-likeness (QED) is 0.815. The van der Waals surface area contributed by atoms with Gasteiger partial charge in [-0.2, -0.15) is 0 Å². The van der Waals surface area contributed by atoms with Crippen molar-refractivity contribution in [1.29, 1.82) is 0 Å². The average Bonchev–Trinajstić information content (AvgIpc) is 2.24. The molecule has 0 aliphatic carbocycles. The first kappa shape index (κ1) is 13.6. The van der Waals surface area contributed by atoms with Gasteiger partial charge in [-0.25, -0.2) is 13.1 Å². The van der Waals surface area contributed by atoms with E-state index in [2.05, 4.69) is 20.7 Å². The second kappa shape index (κ2) is 6.34. The van der Waals surface area contributed by atoms with Crippen molar-refractivity contribution in [3.8, 4) is 0 Å². The molecule has 4 nitrogen and oxygen atoms in total. The van der Waals surface area contributed by atoms with Gasteiger partial charge in [0.15, 0.2) is 0 Å². The van der Waals surface area contributed by atoms with E-state index in [1.54, 1.807) is 24.3 Å². The van der Waals surface area contributed by atoms with E-state index in [4.69, 9.17) is 4.74 Å². The van der Waals surface area contributed by atoms with Gasteiger partial charge in [0.05, 0.1) is 11.5 Å². The van der Waals surface area contributed by atoms with E-state index >= 15 is 0 Å². The maximum absolute atomic E-state index is 11.8. The van der Waals surface area contributed by atoms with Gasteiger partial charge in [0.2, 0.25) is 10.0 Å². The molecule has 0 radical (unpaired) electrons. The monoisotopic (exact) mass is 307 g/mol. The highest BCUT2D eigenvalue weighted by atomic mass is 79.9. The summed E-state index contributed by atoms with van der Waals surface area (Å²) in [7, 11) is -3.42. The van der Waals surface area contributed by atoms with Crippen LogP contribution in [0, 0.1) is 0 Å². The zero-order chi connectivity index (χ0) is 12.0. The molecule has 90 valence electrons. The largest absolute Gasteiger partial charge is 0.380 e. The molecular weight excluding hydrogens is 294 g/mol. The molecule has 0 aliphatic heterocycles. The van der Waals surface area contributed by atoms with Crippen LogP contribution in [0.3, 0.4) is 0 Å². The molecule has 1 N–H and O–H groups in total. The number of ether oxygens (including phenoxy) is 1. The van der Waals surface area contributed by atoms with E-state index in [1.165, 1.54) is 0 Å². The number of rotatable bonds is 6. The Morgan fingerprint density at radius 3 is 2.81 bits per heavy atom. The van der Waals surface area contributed by atoms with Crippen molar-refractivity contribution in [2.24, 2.45) is 0 Å². The average molecular weight is 308 g/mol. The Bertz CT molecular complexity index is 433. The van der Waals surface area contributed by atoms with Crippen LogP contribution in [0.25, 0.3) is 0 Å². The molecule has 0 fully saturated rings. The van der Waals surface area contributed by atoms with Crippen molar-refractivity contribution >= 4 is 26.0 Å². The van der Waals surface area contributed by atoms with Crippen LogP contribution < -0.4 is 4.72 Å². The van der Waals surface area contributed by atoms with Gasteiger partial charge in [-0.3, -0.25) is 0 Å². The van der Waals surface area contributed by atoms with Gasteiger partial charge < -0.3 is 4.74 Å². The summed E-state index contributed by atoms with van der Waals surface area (Å²) in [4.78, 5) is 0.248. The molecule has 1 aromatic carbocycles. The summed E-state index contributed by atoms with van der Waals surface area (Å²) >= 11 is 3.23. The Hall–Kier alpha value is -0.430. The molecule has 16 heavy (non-hydrogen) atoms. The zero-order valence-electron chi connectivity index (χ0n) is 8.94. The first-order valence-corrected chi connectivity index (χ1v) is 7.17. The van der Waals surface area contributed by atoms with E-state index in [1.807, 2.05) is 6.92 Å². The maximum Gasteiger partial charge on any atom is 0.240 e. The first-order chi connectivity index (χ1) is 7.56. The summed E-state index contributed by atoms with van der Waals surface area (Å²) in [5.41, 5.74) is 0. The minimum atomic E-state index is -3.42. The third-order valence-corrected chi connectivity index (χ3v) is 3.80. The Morgan fingerprint density at radius 2 is 2.19 bits per heavy atom. The second-order valence-electron chi connectivity index (χ2n) is 3.05. The number of sulfonamides is 1. The molecule has 0 spiro atoms. The Labute approximate surface area is 104 Å². The highest BCUT2D eigenvalue weighted by Crippen LogP contribution is 2.15. The van der Waals surface area contributed by atoms with Gasteiger partial charge >= 0.3 is 0 Å². The number of hydrogen-bond acceptors (Lipinski definition) is 3. The third kappa shape index (κ3) is 4.21. The summed E-state index contributed by atoms with van der Waals surface area (Å²) in [6.07, 6.45) is 0. The molecule has 0 saturated carbocycles. The zero-order valence-corrected chi connectivity index (χ0v) is 11.3. The van der Waals surface area contributed by atoms with E-state index in [0.29, 0.717) is 13.2 Å².